The van der Waals surface area contributed by atoms with Gasteiger partial charge >= 0.3 is 0 Å². The van der Waals surface area contributed by atoms with Crippen LogP contribution in [-0.4, -0.2) is 25.5 Å². The molecule has 0 amide bonds. The molecule has 2 heteroatoms. The summed E-state index contributed by atoms with van der Waals surface area (Å²) in [5, 5.41) is 3.16. The highest BCUT2D eigenvalue weighted by molar-refractivity contribution is 4.86. The van der Waals surface area contributed by atoms with Crippen LogP contribution in [0.15, 0.2) is 12.4 Å². The molecule has 0 aliphatic heterocycles. The van der Waals surface area contributed by atoms with Gasteiger partial charge in [-0.05, 0) is 6.42 Å². The SMILES string of the molecule is C=C(NCCC)N(C)C. The van der Waals surface area contributed by atoms with Gasteiger partial charge in [-0.3, -0.25) is 0 Å². The van der Waals surface area contributed by atoms with Crippen molar-refractivity contribution in [1.29, 1.82) is 0 Å². The molecule has 2 nitrogen and oxygen atoms in total. The third-order valence-electron chi connectivity index (χ3n) is 1.12. The van der Waals surface area contributed by atoms with Crippen molar-refractivity contribution in [2.24, 2.45) is 0 Å². The molecule has 0 aromatic heterocycles. The Hall–Kier alpha value is -0.660. The Bertz CT molecular complexity index is 86.9. The van der Waals surface area contributed by atoms with E-state index in [-0.39, 0.29) is 0 Å². The highest BCUT2D eigenvalue weighted by Crippen LogP contribution is 1.86. The van der Waals surface area contributed by atoms with Crippen LogP contribution in [-0.2, 0) is 0 Å². The summed E-state index contributed by atoms with van der Waals surface area (Å²) in [6.07, 6.45) is 1.15. The predicted molar refractivity (Wildman–Crippen MR) is 41.1 cm³/mol. The summed E-state index contributed by atoms with van der Waals surface area (Å²) in [6, 6.07) is 0. The zero-order valence-corrected chi connectivity index (χ0v) is 6.57. The van der Waals surface area contributed by atoms with Crippen LogP contribution in [0, 0.1) is 0 Å². The molecule has 1 N–H and O–H groups in total. The lowest BCUT2D eigenvalue weighted by Crippen LogP contribution is -2.24. The molecule has 0 aromatic rings. The van der Waals surface area contributed by atoms with Gasteiger partial charge in [0.15, 0.2) is 0 Å². The smallest absolute Gasteiger partial charge is 0.0933 e. The molecule has 0 heterocycles. The molecule has 0 atom stereocenters. The van der Waals surface area contributed by atoms with Gasteiger partial charge in [0.05, 0.1) is 5.82 Å². The lowest BCUT2D eigenvalue weighted by molar-refractivity contribution is 0.462. The first kappa shape index (κ1) is 8.34. The van der Waals surface area contributed by atoms with Crippen LogP contribution in [0.2, 0.25) is 0 Å². The zero-order chi connectivity index (χ0) is 7.28. The monoisotopic (exact) mass is 128 g/mol. The standard InChI is InChI=1S/C7H16N2/c1-5-6-8-7(2)9(3)4/h8H,2,5-6H2,1,3-4H3. The number of hydrogen-bond donors (Lipinski definition) is 1. The van der Waals surface area contributed by atoms with E-state index in [9.17, 15) is 0 Å². The number of nitrogens with zero attached hydrogens (tertiary/aromatic N) is 1. The van der Waals surface area contributed by atoms with Crippen LogP contribution < -0.4 is 5.32 Å². The van der Waals surface area contributed by atoms with E-state index in [1.807, 2.05) is 19.0 Å². The molecule has 0 saturated heterocycles. The molecular weight excluding hydrogens is 112 g/mol. The van der Waals surface area contributed by atoms with Crippen molar-refractivity contribution in [2.75, 3.05) is 20.6 Å². The first-order valence-electron chi connectivity index (χ1n) is 3.28. The van der Waals surface area contributed by atoms with Gasteiger partial charge in [0.1, 0.15) is 0 Å². The van der Waals surface area contributed by atoms with Crippen LogP contribution in [0.5, 0.6) is 0 Å². The third-order valence-corrected chi connectivity index (χ3v) is 1.12. The van der Waals surface area contributed by atoms with Crippen LogP contribution in [0.25, 0.3) is 0 Å². The molecule has 0 aliphatic carbocycles. The molecule has 0 unspecified atom stereocenters. The van der Waals surface area contributed by atoms with Gasteiger partial charge in [-0.25, -0.2) is 0 Å². The second-order valence-corrected chi connectivity index (χ2v) is 2.27. The van der Waals surface area contributed by atoms with Gasteiger partial charge in [-0.15, -0.1) is 0 Å². The van der Waals surface area contributed by atoms with Gasteiger partial charge in [-0.2, -0.15) is 0 Å². The molecule has 0 saturated carbocycles. The number of nitrogens with one attached hydrogen (secondary N) is 1. The molecule has 0 aromatic carbocycles. The average Bonchev–Trinajstić information content (AvgIpc) is 1.82. The average molecular weight is 128 g/mol. The molecule has 9 heavy (non-hydrogen) atoms. The van der Waals surface area contributed by atoms with Crippen molar-refractivity contribution in [1.82, 2.24) is 10.2 Å². The van der Waals surface area contributed by atoms with Crippen molar-refractivity contribution in [3.8, 4) is 0 Å². The molecule has 0 aliphatic rings. The van der Waals surface area contributed by atoms with E-state index < -0.39 is 0 Å². The van der Waals surface area contributed by atoms with E-state index in [0.717, 1.165) is 18.8 Å². The minimum atomic E-state index is 0.983. The van der Waals surface area contributed by atoms with Gasteiger partial charge in [0.2, 0.25) is 0 Å². The molecule has 0 bridgehead atoms. The topological polar surface area (TPSA) is 15.3 Å². The molecule has 0 rings (SSSR count). The Balaban J connectivity index is 3.28. The Kier molecular flexibility index (Phi) is 3.93. The maximum atomic E-state index is 3.81. The summed E-state index contributed by atoms with van der Waals surface area (Å²) in [5.41, 5.74) is 0. The largest absolute Gasteiger partial charge is 0.372 e. The quantitative estimate of drug-likeness (QED) is 0.608. The van der Waals surface area contributed by atoms with Crippen molar-refractivity contribution < 1.29 is 0 Å². The number of hydrogen-bond acceptors (Lipinski definition) is 2. The second-order valence-electron chi connectivity index (χ2n) is 2.27. The van der Waals surface area contributed by atoms with Gasteiger partial charge in [-0.1, -0.05) is 13.5 Å². The fourth-order valence-corrected chi connectivity index (χ4v) is 0.427. The minimum Gasteiger partial charge on any atom is -0.372 e. The van der Waals surface area contributed by atoms with E-state index in [4.69, 9.17) is 0 Å². The highest BCUT2D eigenvalue weighted by atomic mass is 15.2. The number of rotatable bonds is 4. The fraction of sp³-hybridized carbons (Fsp3) is 0.714. The van der Waals surface area contributed by atoms with E-state index in [1.54, 1.807) is 0 Å². The summed E-state index contributed by atoms with van der Waals surface area (Å²) in [6.45, 7) is 6.95. The highest BCUT2D eigenvalue weighted by Gasteiger charge is 1.90. The van der Waals surface area contributed by atoms with E-state index in [0.29, 0.717) is 0 Å². The van der Waals surface area contributed by atoms with Gasteiger partial charge < -0.3 is 10.2 Å². The van der Waals surface area contributed by atoms with Crippen LogP contribution in [0.3, 0.4) is 0 Å². The van der Waals surface area contributed by atoms with E-state index in [1.165, 1.54) is 0 Å². The molecule has 0 fully saturated rings. The fourth-order valence-electron chi connectivity index (χ4n) is 0.427. The van der Waals surface area contributed by atoms with E-state index >= 15 is 0 Å². The van der Waals surface area contributed by atoms with Crippen LogP contribution in [0.1, 0.15) is 13.3 Å². The Morgan fingerprint density at radius 3 is 2.44 bits per heavy atom. The minimum absolute atomic E-state index is 0.983. The van der Waals surface area contributed by atoms with Gasteiger partial charge in [0.25, 0.3) is 0 Å². The first-order valence-corrected chi connectivity index (χ1v) is 3.28. The Morgan fingerprint density at radius 2 is 2.11 bits per heavy atom. The summed E-state index contributed by atoms with van der Waals surface area (Å²) >= 11 is 0. The van der Waals surface area contributed by atoms with Crippen LogP contribution in [0.4, 0.5) is 0 Å². The molecule has 0 radical (unpaired) electrons. The van der Waals surface area contributed by atoms with Gasteiger partial charge in [0, 0.05) is 20.6 Å². The molecule has 54 valence electrons. The summed E-state index contributed by atoms with van der Waals surface area (Å²) < 4.78 is 0. The lowest BCUT2D eigenvalue weighted by atomic mass is 10.5. The maximum absolute atomic E-state index is 3.81. The first-order chi connectivity index (χ1) is 4.18. The predicted octanol–water partition coefficient (Wildman–Crippen LogP) is 1.02. The van der Waals surface area contributed by atoms with Crippen molar-refractivity contribution in [3.05, 3.63) is 12.4 Å². The van der Waals surface area contributed by atoms with E-state index in [2.05, 4.69) is 18.8 Å². The summed E-state index contributed by atoms with van der Waals surface area (Å²) in [7, 11) is 3.95. The maximum Gasteiger partial charge on any atom is 0.0933 e. The zero-order valence-electron chi connectivity index (χ0n) is 6.57. The normalized spacial score (nSPS) is 8.78. The van der Waals surface area contributed by atoms with Crippen molar-refractivity contribution >= 4 is 0 Å². The summed E-state index contributed by atoms with van der Waals surface area (Å²) in [5.74, 6) is 0.983. The van der Waals surface area contributed by atoms with Crippen molar-refractivity contribution in [3.63, 3.8) is 0 Å². The molecular formula is C7H16N2. The lowest BCUT2D eigenvalue weighted by Gasteiger charge is -2.16. The van der Waals surface area contributed by atoms with Crippen molar-refractivity contribution in [2.45, 2.75) is 13.3 Å². The second kappa shape index (κ2) is 4.24. The summed E-state index contributed by atoms with van der Waals surface area (Å²) in [4.78, 5) is 1.97. The third kappa shape index (κ3) is 3.88. The Morgan fingerprint density at radius 1 is 1.56 bits per heavy atom. The Labute approximate surface area is 57.5 Å². The molecule has 0 spiro atoms. The van der Waals surface area contributed by atoms with Crippen LogP contribution >= 0.6 is 0 Å².